The van der Waals surface area contributed by atoms with Gasteiger partial charge in [-0.2, -0.15) is 0 Å². The van der Waals surface area contributed by atoms with E-state index in [0.717, 1.165) is 71.7 Å². The van der Waals surface area contributed by atoms with Crippen molar-refractivity contribution in [2.75, 3.05) is 59.1 Å². The van der Waals surface area contributed by atoms with Gasteiger partial charge in [-0.3, -0.25) is 4.90 Å². The molecule has 2 aliphatic rings. The molecule has 0 aliphatic carbocycles. The molecular formula is C23H31FN4O3. The standard InChI is InChI=1S/C23H31FN4O3/c24-20-3-1-19(2-4-20)5-10-27-11-6-21(7-12-27)31-23-22(25-8-9-26-23)30-18-15-28-13-16-29-17-14-28/h1-4,8-9,21H,5-7,10-18H2. The Balaban J connectivity index is 1.19. The number of hydrogen-bond acceptors (Lipinski definition) is 7. The molecule has 1 aromatic carbocycles. The second kappa shape index (κ2) is 11.4. The van der Waals surface area contributed by atoms with E-state index in [9.17, 15) is 4.39 Å². The molecule has 2 saturated heterocycles. The molecule has 2 aliphatic heterocycles. The van der Waals surface area contributed by atoms with Crippen molar-refractivity contribution in [3.05, 3.63) is 48.0 Å². The van der Waals surface area contributed by atoms with Gasteiger partial charge in [0.1, 0.15) is 18.5 Å². The van der Waals surface area contributed by atoms with Crippen LogP contribution in [0.3, 0.4) is 0 Å². The van der Waals surface area contributed by atoms with E-state index in [1.165, 1.54) is 17.7 Å². The van der Waals surface area contributed by atoms with E-state index in [-0.39, 0.29) is 11.9 Å². The molecule has 0 radical (unpaired) electrons. The van der Waals surface area contributed by atoms with Gasteiger partial charge in [0.2, 0.25) is 0 Å². The molecule has 8 heteroatoms. The summed E-state index contributed by atoms with van der Waals surface area (Å²) < 4.78 is 30.4. The van der Waals surface area contributed by atoms with Crippen molar-refractivity contribution in [3.63, 3.8) is 0 Å². The van der Waals surface area contributed by atoms with Crippen LogP contribution in [0.4, 0.5) is 4.39 Å². The number of morpholine rings is 1. The highest BCUT2D eigenvalue weighted by Gasteiger charge is 2.22. The van der Waals surface area contributed by atoms with Gasteiger partial charge in [0, 0.05) is 51.7 Å². The molecule has 0 spiro atoms. The number of likely N-dealkylation sites (tertiary alicyclic amines) is 1. The number of halogens is 1. The van der Waals surface area contributed by atoms with Gasteiger partial charge in [0.15, 0.2) is 0 Å². The Bertz CT molecular complexity index is 794. The predicted octanol–water partition coefficient (Wildman–Crippen LogP) is 2.41. The van der Waals surface area contributed by atoms with Crippen LogP contribution in [0.25, 0.3) is 0 Å². The molecule has 0 N–H and O–H groups in total. The van der Waals surface area contributed by atoms with Crippen LogP contribution in [0.5, 0.6) is 11.8 Å². The first-order valence-corrected chi connectivity index (χ1v) is 11.1. The summed E-state index contributed by atoms with van der Waals surface area (Å²) in [4.78, 5) is 13.4. The Hall–Kier alpha value is -2.29. The van der Waals surface area contributed by atoms with Crippen LogP contribution in [-0.4, -0.2) is 85.0 Å². The van der Waals surface area contributed by atoms with Gasteiger partial charge in [-0.1, -0.05) is 12.1 Å². The fourth-order valence-electron chi connectivity index (χ4n) is 3.94. The highest BCUT2D eigenvalue weighted by molar-refractivity contribution is 5.24. The number of benzene rings is 1. The monoisotopic (exact) mass is 430 g/mol. The Morgan fingerprint density at radius 1 is 0.903 bits per heavy atom. The first kappa shape index (κ1) is 21.9. The largest absolute Gasteiger partial charge is 0.472 e. The fraction of sp³-hybridized carbons (Fsp3) is 0.565. The van der Waals surface area contributed by atoms with Crippen LogP contribution in [-0.2, 0) is 11.2 Å². The lowest BCUT2D eigenvalue weighted by Gasteiger charge is -2.32. The smallest absolute Gasteiger partial charge is 0.278 e. The van der Waals surface area contributed by atoms with Crippen molar-refractivity contribution >= 4 is 0 Å². The molecule has 2 fully saturated rings. The van der Waals surface area contributed by atoms with Crippen molar-refractivity contribution in [1.29, 1.82) is 0 Å². The van der Waals surface area contributed by atoms with Crippen molar-refractivity contribution in [3.8, 4) is 11.8 Å². The van der Waals surface area contributed by atoms with Crippen molar-refractivity contribution in [2.45, 2.75) is 25.4 Å². The SMILES string of the molecule is Fc1ccc(CCN2CCC(Oc3nccnc3OCCN3CCOCC3)CC2)cc1. The van der Waals surface area contributed by atoms with E-state index in [1.807, 2.05) is 12.1 Å². The fourth-order valence-corrected chi connectivity index (χ4v) is 3.94. The number of ether oxygens (including phenoxy) is 3. The van der Waals surface area contributed by atoms with Crippen molar-refractivity contribution in [1.82, 2.24) is 19.8 Å². The first-order valence-electron chi connectivity index (χ1n) is 11.1. The molecule has 168 valence electrons. The number of nitrogens with zero attached hydrogens (tertiary/aromatic N) is 4. The molecule has 0 saturated carbocycles. The van der Waals surface area contributed by atoms with Crippen LogP contribution in [0.2, 0.25) is 0 Å². The lowest BCUT2D eigenvalue weighted by Crippen LogP contribution is -2.39. The maximum atomic E-state index is 13.0. The zero-order valence-corrected chi connectivity index (χ0v) is 17.9. The zero-order chi connectivity index (χ0) is 21.3. The summed E-state index contributed by atoms with van der Waals surface area (Å²) in [7, 11) is 0. The van der Waals surface area contributed by atoms with Gasteiger partial charge >= 0.3 is 0 Å². The third kappa shape index (κ3) is 6.85. The van der Waals surface area contributed by atoms with Crippen LogP contribution in [0.1, 0.15) is 18.4 Å². The topological polar surface area (TPSA) is 60.0 Å². The lowest BCUT2D eigenvalue weighted by molar-refractivity contribution is 0.0313. The molecule has 0 amide bonds. The molecule has 7 nitrogen and oxygen atoms in total. The summed E-state index contributed by atoms with van der Waals surface area (Å²) in [6.07, 6.45) is 6.19. The second-order valence-corrected chi connectivity index (χ2v) is 8.00. The van der Waals surface area contributed by atoms with E-state index in [2.05, 4.69) is 19.8 Å². The minimum atomic E-state index is -0.185. The molecule has 3 heterocycles. The van der Waals surface area contributed by atoms with Gasteiger partial charge in [0.25, 0.3) is 11.8 Å². The molecule has 0 bridgehead atoms. The molecule has 0 unspecified atom stereocenters. The Morgan fingerprint density at radius 2 is 1.58 bits per heavy atom. The van der Waals surface area contributed by atoms with Gasteiger partial charge in [-0.05, 0) is 37.0 Å². The number of rotatable bonds is 9. The van der Waals surface area contributed by atoms with Gasteiger partial charge in [-0.15, -0.1) is 0 Å². The molecule has 31 heavy (non-hydrogen) atoms. The van der Waals surface area contributed by atoms with E-state index in [0.29, 0.717) is 18.4 Å². The average molecular weight is 431 g/mol. The minimum Gasteiger partial charge on any atom is -0.472 e. The Kier molecular flexibility index (Phi) is 8.04. The number of hydrogen-bond donors (Lipinski definition) is 0. The van der Waals surface area contributed by atoms with Crippen molar-refractivity contribution < 1.29 is 18.6 Å². The molecule has 2 aromatic rings. The quantitative estimate of drug-likeness (QED) is 0.606. The normalized spacial score (nSPS) is 18.7. The third-order valence-electron chi connectivity index (χ3n) is 5.83. The summed E-state index contributed by atoms with van der Waals surface area (Å²) in [6.45, 7) is 7.74. The zero-order valence-electron chi connectivity index (χ0n) is 17.9. The van der Waals surface area contributed by atoms with E-state index in [1.54, 1.807) is 12.4 Å². The predicted molar refractivity (Wildman–Crippen MR) is 115 cm³/mol. The van der Waals surface area contributed by atoms with Crippen molar-refractivity contribution in [2.24, 2.45) is 0 Å². The molecule has 1 aromatic heterocycles. The Morgan fingerprint density at radius 3 is 2.32 bits per heavy atom. The van der Waals surface area contributed by atoms with Crippen LogP contribution >= 0.6 is 0 Å². The molecule has 4 rings (SSSR count). The van der Waals surface area contributed by atoms with E-state index >= 15 is 0 Å². The lowest BCUT2D eigenvalue weighted by atomic mass is 10.1. The minimum absolute atomic E-state index is 0.111. The van der Waals surface area contributed by atoms with Crippen LogP contribution in [0.15, 0.2) is 36.7 Å². The Labute approximate surface area is 183 Å². The number of piperidine rings is 1. The summed E-state index contributed by atoms with van der Waals surface area (Å²) in [5.74, 6) is 0.763. The summed E-state index contributed by atoms with van der Waals surface area (Å²) >= 11 is 0. The van der Waals surface area contributed by atoms with Gasteiger partial charge < -0.3 is 19.1 Å². The molecular weight excluding hydrogens is 399 g/mol. The summed E-state index contributed by atoms with van der Waals surface area (Å²) in [5, 5.41) is 0. The maximum Gasteiger partial charge on any atom is 0.278 e. The van der Waals surface area contributed by atoms with Gasteiger partial charge in [-0.25, -0.2) is 14.4 Å². The maximum absolute atomic E-state index is 13.0. The highest BCUT2D eigenvalue weighted by Crippen LogP contribution is 2.25. The third-order valence-corrected chi connectivity index (χ3v) is 5.83. The highest BCUT2D eigenvalue weighted by atomic mass is 19.1. The molecule has 0 atom stereocenters. The number of aromatic nitrogens is 2. The van der Waals surface area contributed by atoms with Crippen LogP contribution < -0.4 is 9.47 Å². The summed E-state index contributed by atoms with van der Waals surface area (Å²) in [6, 6.07) is 6.77. The van der Waals surface area contributed by atoms with E-state index in [4.69, 9.17) is 14.2 Å². The first-order chi connectivity index (χ1) is 15.3. The second-order valence-electron chi connectivity index (χ2n) is 8.00. The average Bonchev–Trinajstić information content (AvgIpc) is 2.81. The van der Waals surface area contributed by atoms with E-state index < -0.39 is 0 Å². The summed E-state index contributed by atoms with van der Waals surface area (Å²) in [5.41, 5.74) is 1.17. The van der Waals surface area contributed by atoms with Crippen LogP contribution in [0, 0.1) is 5.82 Å². The van der Waals surface area contributed by atoms with Gasteiger partial charge in [0.05, 0.1) is 13.2 Å².